The summed E-state index contributed by atoms with van der Waals surface area (Å²) in [6.45, 7) is 8.90. The van der Waals surface area contributed by atoms with Crippen LogP contribution < -0.4 is 16.1 Å². The number of nitrogens with zero attached hydrogens (tertiary/aromatic N) is 2. The second kappa shape index (κ2) is 14.2. The van der Waals surface area contributed by atoms with Gasteiger partial charge in [0.05, 0.1) is 17.5 Å². The highest BCUT2D eigenvalue weighted by molar-refractivity contribution is 5.93. The van der Waals surface area contributed by atoms with Crippen LogP contribution in [0.25, 0.3) is 17.0 Å². The molecule has 3 amide bonds. The quantitative estimate of drug-likeness (QED) is 0.276. The van der Waals surface area contributed by atoms with E-state index < -0.39 is 53.8 Å². The monoisotopic (exact) mass is 567 g/mol. The van der Waals surface area contributed by atoms with E-state index in [1.807, 2.05) is 37.3 Å². The maximum Gasteiger partial charge on any atom is 0.322 e. The summed E-state index contributed by atoms with van der Waals surface area (Å²) in [6, 6.07) is 6.98. The number of rotatable bonds is 11. The van der Waals surface area contributed by atoms with Crippen LogP contribution >= 0.6 is 0 Å². The number of fused-ring (bicyclic) bond motifs is 1. The van der Waals surface area contributed by atoms with E-state index in [2.05, 4.69) is 21.0 Å². The number of aliphatic hydroxyl groups excluding tert-OH is 1. The lowest BCUT2D eigenvalue weighted by Crippen LogP contribution is -2.61. The first-order valence-corrected chi connectivity index (χ1v) is 14.1. The summed E-state index contributed by atoms with van der Waals surface area (Å²) >= 11 is 0. The van der Waals surface area contributed by atoms with Gasteiger partial charge in [0.1, 0.15) is 18.1 Å². The molecule has 2 aromatic rings. The minimum atomic E-state index is -1.05. The summed E-state index contributed by atoms with van der Waals surface area (Å²) in [5, 5.41) is 27.2. The van der Waals surface area contributed by atoms with Crippen LogP contribution in [0, 0.1) is 11.8 Å². The van der Waals surface area contributed by atoms with Crippen molar-refractivity contribution in [1.29, 1.82) is 0 Å². The molecule has 0 bridgehead atoms. The van der Waals surface area contributed by atoms with Crippen LogP contribution in [0.2, 0.25) is 0 Å². The van der Waals surface area contributed by atoms with E-state index >= 15 is 0 Å². The minimum absolute atomic E-state index is 0.316. The summed E-state index contributed by atoms with van der Waals surface area (Å²) in [5.41, 5.74) is 5.32. The Morgan fingerprint density at radius 1 is 1.10 bits per heavy atom. The van der Waals surface area contributed by atoms with Crippen molar-refractivity contribution in [2.24, 2.45) is 11.8 Å². The molecule has 3 rings (SSSR count). The number of aromatic nitrogens is 1. The van der Waals surface area contributed by atoms with E-state index in [0.29, 0.717) is 19.4 Å². The van der Waals surface area contributed by atoms with E-state index in [4.69, 9.17) is 0 Å². The highest BCUT2D eigenvalue weighted by Crippen LogP contribution is 2.18. The molecular formula is C30H41N5O6. The minimum Gasteiger partial charge on any atom is -0.480 e. The molecule has 0 aliphatic carbocycles. The van der Waals surface area contributed by atoms with Crippen molar-refractivity contribution in [3.63, 3.8) is 0 Å². The first-order valence-electron chi connectivity index (χ1n) is 14.1. The number of carbonyl (C=O) groups excluding carboxylic acids is 3. The third kappa shape index (κ3) is 8.34. The van der Waals surface area contributed by atoms with Gasteiger partial charge in [-0.2, -0.15) is 0 Å². The van der Waals surface area contributed by atoms with Gasteiger partial charge in [0.25, 0.3) is 5.91 Å². The third-order valence-corrected chi connectivity index (χ3v) is 7.18. The Labute approximate surface area is 240 Å². The Morgan fingerprint density at radius 3 is 2.44 bits per heavy atom. The number of hydrogen-bond donors (Lipinski definition) is 5. The van der Waals surface area contributed by atoms with Crippen molar-refractivity contribution in [3.8, 4) is 0 Å². The number of amides is 3. The summed E-state index contributed by atoms with van der Waals surface area (Å²) < 4.78 is 0. The number of aryl methyl sites for hydroxylation is 1. The van der Waals surface area contributed by atoms with Crippen molar-refractivity contribution in [3.05, 3.63) is 47.7 Å². The van der Waals surface area contributed by atoms with Gasteiger partial charge in [-0.15, -0.1) is 0 Å². The van der Waals surface area contributed by atoms with Crippen LogP contribution in [0.3, 0.4) is 0 Å². The highest BCUT2D eigenvalue weighted by atomic mass is 16.4. The molecule has 41 heavy (non-hydrogen) atoms. The van der Waals surface area contributed by atoms with Gasteiger partial charge < -0.3 is 20.8 Å². The zero-order valence-corrected chi connectivity index (χ0v) is 24.3. The summed E-state index contributed by atoms with van der Waals surface area (Å²) in [5.74, 6) is -3.85. The van der Waals surface area contributed by atoms with Crippen molar-refractivity contribution in [2.75, 3.05) is 6.54 Å². The summed E-state index contributed by atoms with van der Waals surface area (Å²) in [7, 11) is 0. The van der Waals surface area contributed by atoms with E-state index in [1.165, 1.54) is 18.9 Å². The van der Waals surface area contributed by atoms with Crippen LogP contribution in [0.4, 0.5) is 0 Å². The van der Waals surface area contributed by atoms with Gasteiger partial charge in [-0.25, -0.2) is 5.43 Å². The molecule has 222 valence electrons. The van der Waals surface area contributed by atoms with E-state index in [0.717, 1.165) is 28.6 Å². The smallest absolute Gasteiger partial charge is 0.322 e. The first kappa shape index (κ1) is 31.7. The molecule has 11 heteroatoms. The molecule has 1 fully saturated rings. The molecule has 1 aromatic carbocycles. The Morgan fingerprint density at radius 2 is 1.80 bits per heavy atom. The SMILES string of the molecule is CCc1ccc2ccc(/C=C/[C@@H](C(=O)NC(C(=O)NC(C)C(=O)N3CCCC(C(=O)O)N3)C(C)C)C(C)O)cc2n1. The Kier molecular flexibility index (Phi) is 11.0. The van der Waals surface area contributed by atoms with Crippen LogP contribution in [0.15, 0.2) is 36.4 Å². The van der Waals surface area contributed by atoms with Crippen LogP contribution in [-0.4, -0.2) is 74.7 Å². The van der Waals surface area contributed by atoms with Gasteiger partial charge in [0, 0.05) is 17.6 Å². The van der Waals surface area contributed by atoms with E-state index in [1.54, 1.807) is 26.0 Å². The van der Waals surface area contributed by atoms with Crippen LogP contribution in [0.1, 0.15) is 58.7 Å². The number of nitrogens with one attached hydrogen (secondary N) is 3. The Balaban J connectivity index is 1.68. The second-order valence-corrected chi connectivity index (χ2v) is 10.8. The molecule has 0 spiro atoms. The Hall–Kier alpha value is -3.83. The lowest BCUT2D eigenvalue weighted by Gasteiger charge is -2.34. The molecule has 5 N–H and O–H groups in total. The lowest BCUT2D eigenvalue weighted by molar-refractivity contribution is -0.148. The average molecular weight is 568 g/mol. The number of carbonyl (C=O) groups is 4. The number of aliphatic carboxylic acids is 1. The van der Waals surface area contributed by atoms with Crippen molar-refractivity contribution < 1.29 is 29.4 Å². The first-order chi connectivity index (χ1) is 19.4. The van der Waals surface area contributed by atoms with Gasteiger partial charge >= 0.3 is 5.97 Å². The molecule has 11 nitrogen and oxygen atoms in total. The molecule has 1 aliphatic heterocycles. The van der Waals surface area contributed by atoms with Gasteiger partial charge in [-0.3, -0.25) is 29.2 Å². The van der Waals surface area contributed by atoms with Gasteiger partial charge in [-0.05, 0) is 56.7 Å². The van der Waals surface area contributed by atoms with Crippen molar-refractivity contribution >= 4 is 40.7 Å². The summed E-state index contributed by atoms with van der Waals surface area (Å²) in [4.78, 5) is 55.2. The zero-order chi connectivity index (χ0) is 30.3. The van der Waals surface area contributed by atoms with Crippen molar-refractivity contribution in [2.45, 2.75) is 78.1 Å². The fourth-order valence-corrected chi connectivity index (χ4v) is 4.67. The summed E-state index contributed by atoms with van der Waals surface area (Å²) in [6.07, 6.45) is 4.06. The van der Waals surface area contributed by atoms with E-state index in [-0.39, 0.29) is 5.92 Å². The average Bonchev–Trinajstić information content (AvgIpc) is 2.94. The van der Waals surface area contributed by atoms with E-state index in [9.17, 15) is 29.4 Å². The van der Waals surface area contributed by atoms with Crippen molar-refractivity contribution in [1.82, 2.24) is 26.1 Å². The number of carboxylic acids is 1. The normalized spacial score (nSPS) is 18.6. The predicted octanol–water partition coefficient (Wildman–Crippen LogP) is 2.03. The van der Waals surface area contributed by atoms with Gasteiger partial charge in [0.15, 0.2) is 0 Å². The number of hydrazine groups is 1. The number of carboxylic acid groups (broad SMARTS) is 1. The molecule has 0 radical (unpaired) electrons. The zero-order valence-electron chi connectivity index (χ0n) is 24.3. The highest BCUT2D eigenvalue weighted by Gasteiger charge is 2.33. The molecule has 0 saturated carbocycles. The maximum absolute atomic E-state index is 13.2. The maximum atomic E-state index is 13.2. The number of aliphatic hydroxyl groups is 1. The molecular weight excluding hydrogens is 526 g/mol. The molecule has 2 heterocycles. The molecule has 4 unspecified atom stereocenters. The molecule has 5 atom stereocenters. The standard InChI is InChI=1S/C30H41N5O6/c1-6-22-13-12-21-11-9-20(16-25(21)32-22)10-14-23(19(5)36)27(37)33-26(17(2)3)28(38)31-18(4)29(39)35-15-7-8-24(34-35)30(40)41/h9-14,16-19,23-24,26,34,36H,6-8,15H2,1-5H3,(H,31,38)(H,33,37)(H,40,41)/b14-10+/t18?,19?,23-,24?,26?/m1/s1. The lowest BCUT2D eigenvalue weighted by atomic mass is 9.97. The number of benzene rings is 1. The van der Waals surface area contributed by atoms with Crippen LogP contribution in [0.5, 0.6) is 0 Å². The fraction of sp³-hybridized carbons (Fsp3) is 0.500. The topological polar surface area (TPSA) is 161 Å². The molecule has 1 aromatic heterocycles. The Bertz CT molecular complexity index is 1290. The number of hydrogen-bond acceptors (Lipinski definition) is 7. The largest absolute Gasteiger partial charge is 0.480 e. The second-order valence-electron chi connectivity index (χ2n) is 10.8. The molecule has 1 saturated heterocycles. The predicted molar refractivity (Wildman–Crippen MR) is 155 cm³/mol. The third-order valence-electron chi connectivity index (χ3n) is 7.18. The molecule has 1 aliphatic rings. The van der Waals surface area contributed by atoms with Gasteiger partial charge in [0.2, 0.25) is 11.8 Å². The van der Waals surface area contributed by atoms with Gasteiger partial charge in [-0.1, -0.05) is 51.1 Å². The fourth-order valence-electron chi connectivity index (χ4n) is 4.67. The number of pyridine rings is 1. The van der Waals surface area contributed by atoms with Crippen LogP contribution in [-0.2, 0) is 25.6 Å².